The summed E-state index contributed by atoms with van der Waals surface area (Å²) in [5.74, 6) is 0. The molecule has 2 heterocycles. The molecule has 0 aliphatic carbocycles. The van der Waals surface area contributed by atoms with Crippen LogP contribution in [0.2, 0.25) is 0 Å². The van der Waals surface area contributed by atoms with E-state index in [1.165, 1.54) is 11.8 Å². The Morgan fingerprint density at radius 3 is 2.90 bits per heavy atom. The van der Waals surface area contributed by atoms with Gasteiger partial charge in [-0.1, -0.05) is 36.9 Å². The Morgan fingerprint density at radius 1 is 1.45 bits per heavy atom. The maximum atomic E-state index is 11.2. The van der Waals surface area contributed by atoms with Gasteiger partial charge in [-0.15, -0.1) is 0 Å². The zero-order valence-electron chi connectivity index (χ0n) is 10.9. The number of aromatic nitrogens is 1. The lowest BCUT2D eigenvalue weighted by Gasteiger charge is -2.29. The third-order valence-corrected chi connectivity index (χ3v) is 5.11. The van der Waals surface area contributed by atoms with Crippen LogP contribution < -0.4 is 0 Å². The van der Waals surface area contributed by atoms with E-state index in [0.717, 1.165) is 10.9 Å². The van der Waals surface area contributed by atoms with Crippen molar-refractivity contribution in [3.63, 3.8) is 0 Å². The summed E-state index contributed by atoms with van der Waals surface area (Å²) in [7, 11) is 0. The van der Waals surface area contributed by atoms with Gasteiger partial charge < -0.3 is 5.11 Å². The SMILES string of the molecule is CC[C@H]1Sc2nc3ccccc3cc2[C@@H](O)[C@@H]1[N+](=O)[O-]. The lowest BCUT2D eigenvalue weighted by molar-refractivity contribution is -0.535. The van der Waals surface area contributed by atoms with Crippen LogP contribution in [0, 0.1) is 10.1 Å². The van der Waals surface area contributed by atoms with E-state index in [2.05, 4.69) is 4.98 Å². The number of rotatable bonds is 2. The highest BCUT2D eigenvalue weighted by molar-refractivity contribution is 8.00. The Bertz CT molecular complexity index is 677. The minimum atomic E-state index is -1.09. The predicted molar refractivity (Wildman–Crippen MR) is 77.4 cm³/mol. The van der Waals surface area contributed by atoms with Gasteiger partial charge in [-0.25, -0.2) is 4.98 Å². The number of benzene rings is 1. The quantitative estimate of drug-likeness (QED) is 0.680. The van der Waals surface area contributed by atoms with Gasteiger partial charge in [0.15, 0.2) is 0 Å². The molecule has 6 heteroatoms. The van der Waals surface area contributed by atoms with Crippen LogP contribution in [-0.2, 0) is 0 Å². The summed E-state index contributed by atoms with van der Waals surface area (Å²) in [6, 6.07) is 8.44. The number of aliphatic hydroxyl groups excluding tert-OH is 1. The summed E-state index contributed by atoms with van der Waals surface area (Å²) in [6.45, 7) is 1.90. The van der Waals surface area contributed by atoms with Gasteiger partial charge in [-0.3, -0.25) is 10.1 Å². The Labute approximate surface area is 120 Å². The molecule has 0 saturated carbocycles. The van der Waals surface area contributed by atoms with E-state index in [1.54, 1.807) is 0 Å². The van der Waals surface area contributed by atoms with Crippen LogP contribution in [0.15, 0.2) is 35.4 Å². The first-order chi connectivity index (χ1) is 9.61. The number of para-hydroxylation sites is 1. The third kappa shape index (κ3) is 2.05. The van der Waals surface area contributed by atoms with E-state index in [4.69, 9.17) is 0 Å². The maximum Gasteiger partial charge on any atom is 0.254 e. The fourth-order valence-electron chi connectivity index (χ4n) is 2.60. The molecule has 3 rings (SSSR count). The molecule has 0 bridgehead atoms. The van der Waals surface area contributed by atoms with Crippen molar-refractivity contribution < 1.29 is 10.0 Å². The lowest BCUT2D eigenvalue weighted by Crippen LogP contribution is -2.40. The largest absolute Gasteiger partial charge is 0.381 e. The van der Waals surface area contributed by atoms with Crippen molar-refractivity contribution in [3.8, 4) is 0 Å². The maximum absolute atomic E-state index is 11.2. The summed E-state index contributed by atoms with van der Waals surface area (Å²) < 4.78 is 0. The fourth-order valence-corrected chi connectivity index (χ4v) is 3.91. The number of aliphatic hydroxyl groups is 1. The number of hydrogen-bond donors (Lipinski definition) is 1. The van der Waals surface area contributed by atoms with Gasteiger partial charge in [0.2, 0.25) is 0 Å². The number of nitrogens with zero attached hydrogens (tertiary/aromatic N) is 2. The lowest BCUT2D eigenvalue weighted by atomic mass is 9.98. The highest BCUT2D eigenvalue weighted by Gasteiger charge is 2.44. The number of thioether (sulfide) groups is 1. The van der Waals surface area contributed by atoms with Crippen molar-refractivity contribution in [1.82, 2.24) is 4.98 Å². The van der Waals surface area contributed by atoms with Crippen molar-refractivity contribution >= 4 is 22.7 Å². The normalized spacial score (nSPS) is 25.4. The molecule has 20 heavy (non-hydrogen) atoms. The smallest absolute Gasteiger partial charge is 0.254 e. The highest BCUT2D eigenvalue weighted by atomic mass is 32.2. The van der Waals surface area contributed by atoms with E-state index in [-0.39, 0.29) is 10.2 Å². The molecule has 0 radical (unpaired) electrons. The third-order valence-electron chi connectivity index (χ3n) is 3.65. The number of hydrogen-bond acceptors (Lipinski definition) is 5. The van der Waals surface area contributed by atoms with Crippen molar-refractivity contribution in [2.75, 3.05) is 0 Å². The van der Waals surface area contributed by atoms with E-state index in [0.29, 0.717) is 17.0 Å². The summed E-state index contributed by atoms with van der Waals surface area (Å²) in [5, 5.41) is 22.9. The van der Waals surface area contributed by atoms with Gasteiger partial charge in [-0.05, 0) is 18.6 Å². The Hall–Kier alpha value is -1.66. The second-order valence-corrected chi connectivity index (χ2v) is 6.09. The molecule has 104 valence electrons. The Kier molecular flexibility index (Phi) is 3.35. The number of fused-ring (bicyclic) bond motifs is 2. The molecule has 1 aliphatic rings. The molecule has 2 aromatic rings. The second-order valence-electron chi connectivity index (χ2n) is 4.86. The highest BCUT2D eigenvalue weighted by Crippen LogP contribution is 2.43. The topological polar surface area (TPSA) is 76.3 Å². The first-order valence-electron chi connectivity index (χ1n) is 6.49. The van der Waals surface area contributed by atoms with Crippen LogP contribution in [0.25, 0.3) is 10.9 Å². The molecule has 1 aromatic carbocycles. The van der Waals surface area contributed by atoms with Gasteiger partial charge >= 0.3 is 0 Å². The molecular formula is C14H14N2O3S. The Morgan fingerprint density at radius 2 is 2.20 bits per heavy atom. The summed E-state index contributed by atoms with van der Waals surface area (Å²) in [5.41, 5.74) is 1.42. The molecular weight excluding hydrogens is 276 g/mol. The number of pyridine rings is 1. The molecule has 0 amide bonds. The van der Waals surface area contributed by atoms with Gasteiger partial charge in [-0.2, -0.15) is 0 Å². The first-order valence-corrected chi connectivity index (χ1v) is 7.37. The van der Waals surface area contributed by atoms with Gasteiger partial charge in [0.1, 0.15) is 11.1 Å². The molecule has 1 N–H and O–H groups in total. The minimum absolute atomic E-state index is 0.249. The van der Waals surface area contributed by atoms with E-state index >= 15 is 0 Å². The standard InChI is InChI=1S/C14H14N2O3S/c1-2-11-12(16(18)19)13(17)9-7-8-5-3-4-6-10(8)15-14(9)20-11/h3-7,11-13,17H,2H2,1H3/t11-,12-,13-/m1/s1. The van der Waals surface area contributed by atoms with Crippen molar-refractivity contribution in [3.05, 3.63) is 46.0 Å². The zero-order chi connectivity index (χ0) is 14.3. The van der Waals surface area contributed by atoms with Gasteiger partial charge in [0.05, 0.1) is 10.8 Å². The molecule has 1 aliphatic heterocycles. The first kappa shape index (κ1) is 13.3. The van der Waals surface area contributed by atoms with Gasteiger partial charge in [0.25, 0.3) is 6.04 Å². The molecule has 0 spiro atoms. The summed E-state index contributed by atoms with van der Waals surface area (Å²) in [6.07, 6.45) is -0.468. The molecule has 3 atom stereocenters. The van der Waals surface area contributed by atoms with Crippen molar-refractivity contribution in [1.29, 1.82) is 0 Å². The summed E-state index contributed by atoms with van der Waals surface area (Å²) >= 11 is 1.40. The van der Waals surface area contributed by atoms with Gasteiger partial charge in [0, 0.05) is 15.9 Å². The van der Waals surface area contributed by atoms with Crippen LogP contribution in [0.5, 0.6) is 0 Å². The van der Waals surface area contributed by atoms with E-state index in [9.17, 15) is 15.2 Å². The van der Waals surface area contributed by atoms with Crippen LogP contribution in [0.3, 0.4) is 0 Å². The predicted octanol–water partition coefficient (Wildman–Crippen LogP) is 2.80. The van der Waals surface area contributed by atoms with Crippen LogP contribution in [0.1, 0.15) is 25.0 Å². The van der Waals surface area contributed by atoms with Crippen LogP contribution in [0.4, 0.5) is 0 Å². The van der Waals surface area contributed by atoms with E-state index < -0.39 is 12.1 Å². The molecule has 0 saturated heterocycles. The molecule has 0 unspecified atom stereocenters. The van der Waals surface area contributed by atoms with Crippen LogP contribution in [-0.4, -0.2) is 26.3 Å². The summed E-state index contributed by atoms with van der Waals surface area (Å²) in [4.78, 5) is 15.4. The Balaban J connectivity index is 2.15. The second kappa shape index (κ2) is 5.03. The monoisotopic (exact) mass is 290 g/mol. The molecule has 0 fully saturated rings. The average molecular weight is 290 g/mol. The molecule has 5 nitrogen and oxygen atoms in total. The number of nitro groups is 1. The van der Waals surface area contributed by atoms with Crippen molar-refractivity contribution in [2.24, 2.45) is 0 Å². The minimum Gasteiger partial charge on any atom is -0.381 e. The van der Waals surface area contributed by atoms with Crippen molar-refractivity contribution in [2.45, 2.75) is 35.8 Å². The molecule has 1 aromatic heterocycles. The zero-order valence-corrected chi connectivity index (χ0v) is 11.7. The van der Waals surface area contributed by atoms with E-state index in [1.807, 2.05) is 37.3 Å². The van der Waals surface area contributed by atoms with Crippen LogP contribution >= 0.6 is 11.8 Å². The average Bonchev–Trinajstić information content (AvgIpc) is 2.44. The fraction of sp³-hybridized carbons (Fsp3) is 0.357.